The maximum Gasteiger partial charge on any atom is 0.338 e. The summed E-state index contributed by atoms with van der Waals surface area (Å²) < 4.78 is 15.5. The third-order valence-electron chi connectivity index (χ3n) is 6.42. The number of anilines is 1. The molecule has 0 aliphatic heterocycles. The lowest BCUT2D eigenvalue weighted by molar-refractivity contribution is -0.130. The molecule has 0 aliphatic carbocycles. The summed E-state index contributed by atoms with van der Waals surface area (Å²) in [6.45, 7) is 20.5. The van der Waals surface area contributed by atoms with E-state index in [1.54, 1.807) is 76.2 Å². The number of esters is 3. The highest BCUT2D eigenvalue weighted by molar-refractivity contribution is 6.10. The molecule has 1 amide bonds. The number of rotatable bonds is 10. The number of hydrogen-bond donors (Lipinski definition) is 1. The summed E-state index contributed by atoms with van der Waals surface area (Å²) in [6, 6.07) is 23.1. The number of hydrogen-bond acceptors (Lipinski definition) is 8. The third-order valence-corrected chi connectivity index (χ3v) is 6.42. The Kier molecular flexibility index (Phi) is 12.3. The Morgan fingerprint density at radius 2 is 0.917 bits per heavy atom. The zero-order valence-corrected chi connectivity index (χ0v) is 27.2. The average molecular weight is 646 g/mol. The second-order valence-electron chi connectivity index (χ2n) is 10.8. The first-order valence-corrected chi connectivity index (χ1v) is 14.5. The van der Waals surface area contributed by atoms with E-state index in [1.807, 2.05) is 12.1 Å². The van der Waals surface area contributed by atoms with E-state index in [0.717, 1.165) is 10.8 Å². The molecule has 9 nitrogen and oxygen atoms in total. The molecule has 0 aromatic heterocycles. The van der Waals surface area contributed by atoms with Crippen LogP contribution in [0.15, 0.2) is 134 Å². The van der Waals surface area contributed by atoms with Crippen LogP contribution in [0.1, 0.15) is 43.6 Å². The van der Waals surface area contributed by atoms with Crippen LogP contribution in [0.5, 0.6) is 17.2 Å². The second-order valence-corrected chi connectivity index (χ2v) is 10.8. The van der Waals surface area contributed by atoms with Crippen LogP contribution < -0.4 is 19.5 Å². The smallest absolute Gasteiger partial charge is 0.338 e. The molecule has 0 radical (unpaired) electrons. The molecule has 0 heterocycles. The van der Waals surface area contributed by atoms with Gasteiger partial charge in [-0.05, 0) is 88.4 Å². The number of ether oxygens (including phenoxy) is 3. The SMILES string of the molecule is C=C(C)C(=O)Nc1cccc2c(OC(=O)C(=C)C)cccc12.C=C(C)C(=O)Oc1ccc(C(=O)c2ccc(OC(=O)C(=C)C)cc2)cc1. The maximum atomic E-state index is 12.5. The summed E-state index contributed by atoms with van der Waals surface area (Å²) in [5.41, 5.74) is 2.83. The van der Waals surface area contributed by atoms with Crippen molar-refractivity contribution in [2.75, 3.05) is 5.32 Å². The summed E-state index contributed by atoms with van der Waals surface area (Å²) in [7, 11) is 0. The van der Waals surface area contributed by atoms with Gasteiger partial charge in [0.1, 0.15) is 17.2 Å². The Bertz CT molecular complexity index is 1810. The van der Waals surface area contributed by atoms with Crippen LogP contribution in [-0.2, 0) is 19.2 Å². The maximum absolute atomic E-state index is 12.5. The molecule has 4 aromatic rings. The molecular weight excluding hydrogens is 610 g/mol. The van der Waals surface area contributed by atoms with Crippen LogP contribution in [0, 0.1) is 0 Å². The monoisotopic (exact) mass is 645 g/mol. The minimum absolute atomic E-state index is 0.208. The van der Waals surface area contributed by atoms with E-state index in [4.69, 9.17) is 14.2 Å². The molecule has 0 saturated heterocycles. The highest BCUT2D eigenvalue weighted by Crippen LogP contribution is 2.31. The van der Waals surface area contributed by atoms with Crippen LogP contribution in [0.25, 0.3) is 10.8 Å². The summed E-state index contributed by atoms with van der Waals surface area (Å²) in [4.78, 5) is 58.9. The molecule has 244 valence electrons. The predicted molar refractivity (Wildman–Crippen MR) is 185 cm³/mol. The van der Waals surface area contributed by atoms with Crippen molar-refractivity contribution in [3.63, 3.8) is 0 Å². The number of carbonyl (C=O) groups is 5. The lowest BCUT2D eigenvalue weighted by Gasteiger charge is -2.11. The first-order chi connectivity index (χ1) is 22.7. The first kappa shape index (κ1) is 36.1. The quantitative estimate of drug-likeness (QED) is 0.0805. The molecule has 0 saturated carbocycles. The third kappa shape index (κ3) is 9.82. The summed E-state index contributed by atoms with van der Waals surface area (Å²) in [6.07, 6.45) is 0. The van der Waals surface area contributed by atoms with Crippen molar-refractivity contribution in [2.24, 2.45) is 0 Å². The minimum Gasteiger partial charge on any atom is -0.423 e. The molecule has 0 fully saturated rings. The van der Waals surface area contributed by atoms with Gasteiger partial charge in [-0.1, -0.05) is 50.6 Å². The number of fused-ring (bicyclic) bond motifs is 1. The van der Waals surface area contributed by atoms with Gasteiger partial charge in [-0.15, -0.1) is 0 Å². The standard InChI is InChI=1S/C21H18O5.C18H17NO3/c1-13(2)20(23)25-17-9-5-15(6-10-17)19(22)16-7-11-18(12-8-16)26-21(24)14(3)4;1-11(2)17(20)19-15-9-5-8-14-13(15)7-6-10-16(14)22-18(21)12(3)4/h5-12H,1,3H2,2,4H3;5-10H,1,3H2,2,4H3,(H,19,20). The van der Waals surface area contributed by atoms with Gasteiger partial charge in [0.2, 0.25) is 0 Å². The van der Waals surface area contributed by atoms with Crippen LogP contribution in [-0.4, -0.2) is 29.6 Å². The molecular formula is C39H35NO8. The Morgan fingerprint density at radius 1 is 0.500 bits per heavy atom. The average Bonchev–Trinajstić information content (AvgIpc) is 3.05. The van der Waals surface area contributed by atoms with Crippen molar-refractivity contribution in [1.82, 2.24) is 0 Å². The molecule has 48 heavy (non-hydrogen) atoms. The zero-order valence-electron chi connectivity index (χ0n) is 27.2. The van der Waals surface area contributed by atoms with Crippen molar-refractivity contribution in [3.05, 3.63) is 145 Å². The van der Waals surface area contributed by atoms with Crippen molar-refractivity contribution in [1.29, 1.82) is 0 Å². The number of ketones is 1. The summed E-state index contributed by atoms with van der Waals surface area (Å²) in [5, 5.41) is 4.31. The molecule has 0 bridgehead atoms. The van der Waals surface area contributed by atoms with E-state index < -0.39 is 17.9 Å². The van der Waals surface area contributed by atoms with Gasteiger partial charge >= 0.3 is 17.9 Å². The molecule has 0 aliphatic rings. The van der Waals surface area contributed by atoms with E-state index >= 15 is 0 Å². The zero-order chi connectivity index (χ0) is 35.5. The van der Waals surface area contributed by atoms with Crippen LogP contribution >= 0.6 is 0 Å². The van der Waals surface area contributed by atoms with E-state index in [9.17, 15) is 24.0 Å². The van der Waals surface area contributed by atoms with E-state index in [2.05, 4.69) is 31.6 Å². The Morgan fingerprint density at radius 3 is 1.35 bits per heavy atom. The van der Waals surface area contributed by atoms with Crippen molar-refractivity contribution in [2.45, 2.75) is 27.7 Å². The minimum atomic E-state index is -0.524. The molecule has 4 rings (SSSR count). The molecule has 1 N–H and O–H groups in total. The van der Waals surface area contributed by atoms with E-state index in [-0.39, 0.29) is 22.8 Å². The topological polar surface area (TPSA) is 125 Å². The van der Waals surface area contributed by atoms with Gasteiger partial charge in [0.15, 0.2) is 5.78 Å². The largest absolute Gasteiger partial charge is 0.423 e. The number of benzene rings is 4. The lowest BCUT2D eigenvalue weighted by Crippen LogP contribution is -2.12. The van der Waals surface area contributed by atoms with Crippen molar-refractivity contribution < 1.29 is 38.2 Å². The summed E-state index contributed by atoms with van der Waals surface area (Å²) in [5.74, 6) is -0.903. The lowest BCUT2D eigenvalue weighted by atomic mass is 10.0. The first-order valence-electron chi connectivity index (χ1n) is 14.5. The number of carbonyl (C=O) groups excluding carboxylic acids is 5. The Balaban J connectivity index is 0.000000264. The molecule has 0 atom stereocenters. The van der Waals surface area contributed by atoms with Crippen LogP contribution in [0.4, 0.5) is 5.69 Å². The van der Waals surface area contributed by atoms with Gasteiger partial charge in [-0.2, -0.15) is 0 Å². The normalized spacial score (nSPS) is 10.0. The highest BCUT2D eigenvalue weighted by atomic mass is 16.5. The second kappa shape index (κ2) is 16.3. The number of amides is 1. The number of nitrogens with one attached hydrogen (secondary N) is 1. The van der Waals surface area contributed by atoms with Gasteiger partial charge in [-0.25, -0.2) is 14.4 Å². The molecule has 9 heteroatoms. The van der Waals surface area contributed by atoms with E-state index in [1.165, 1.54) is 24.3 Å². The molecule has 0 unspecified atom stereocenters. The van der Waals surface area contributed by atoms with E-state index in [0.29, 0.717) is 45.2 Å². The van der Waals surface area contributed by atoms with Crippen molar-refractivity contribution >= 4 is 46.1 Å². The fourth-order valence-electron chi connectivity index (χ4n) is 3.80. The fourth-order valence-corrected chi connectivity index (χ4v) is 3.80. The van der Waals surface area contributed by atoms with Crippen LogP contribution in [0.3, 0.4) is 0 Å². The Hall–Kier alpha value is -6.35. The molecule has 0 spiro atoms. The van der Waals surface area contributed by atoms with Gasteiger partial charge < -0.3 is 19.5 Å². The van der Waals surface area contributed by atoms with Gasteiger partial charge in [0.25, 0.3) is 5.91 Å². The van der Waals surface area contributed by atoms with Gasteiger partial charge in [0, 0.05) is 49.9 Å². The Labute approximate surface area is 278 Å². The highest BCUT2D eigenvalue weighted by Gasteiger charge is 2.14. The molecule has 4 aromatic carbocycles. The van der Waals surface area contributed by atoms with Gasteiger partial charge in [-0.3, -0.25) is 9.59 Å². The fraction of sp³-hybridized carbons (Fsp3) is 0.103. The van der Waals surface area contributed by atoms with Gasteiger partial charge in [0.05, 0.1) is 0 Å². The van der Waals surface area contributed by atoms with Crippen molar-refractivity contribution in [3.8, 4) is 17.2 Å². The summed E-state index contributed by atoms with van der Waals surface area (Å²) >= 11 is 0. The van der Waals surface area contributed by atoms with Crippen LogP contribution in [0.2, 0.25) is 0 Å². The predicted octanol–water partition coefficient (Wildman–Crippen LogP) is 7.72.